The van der Waals surface area contributed by atoms with Gasteiger partial charge in [0.15, 0.2) is 0 Å². The monoisotopic (exact) mass is 332 g/mol. The van der Waals surface area contributed by atoms with E-state index in [1.807, 2.05) is 6.08 Å². The van der Waals surface area contributed by atoms with Crippen molar-refractivity contribution in [3.05, 3.63) is 24.3 Å². The summed E-state index contributed by atoms with van der Waals surface area (Å²) in [6.07, 6.45) is 9.67. The second-order valence-electron chi connectivity index (χ2n) is 9.02. The molecule has 0 amide bonds. The van der Waals surface area contributed by atoms with E-state index in [1.54, 1.807) is 0 Å². The maximum atomic E-state index is 12.6. The highest BCUT2D eigenvalue weighted by Gasteiger charge is 2.60. The van der Waals surface area contributed by atoms with Gasteiger partial charge in [-0.2, -0.15) is 0 Å². The minimum absolute atomic E-state index is 0.0175. The SMILES string of the molecule is C=C[C@@]1(C)C=C2C(O)C[C@@H]3[C@](C)(CCC[C@@]3(C)C(=O)OC)[C@H]2CC1. The van der Waals surface area contributed by atoms with Crippen molar-refractivity contribution >= 4 is 5.97 Å². The van der Waals surface area contributed by atoms with Crippen LogP contribution in [-0.2, 0) is 9.53 Å². The van der Waals surface area contributed by atoms with Crippen LogP contribution in [0.2, 0.25) is 0 Å². The van der Waals surface area contributed by atoms with E-state index in [0.717, 1.165) is 32.1 Å². The number of ether oxygens (including phenoxy) is 1. The van der Waals surface area contributed by atoms with Crippen LogP contribution in [0.3, 0.4) is 0 Å². The summed E-state index contributed by atoms with van der Waals surface area (Å²) in [4.78, 5) is 12.6. The van der Waals surface area contributed by atoms with Gasteiger partial charge in [-0.05, 0) is 61.9 Å². The third-order valence-corrected chi connectivity index (χ3v) is 7.60. The number of methoxy groups -OCH3 is 1. The Morgan fingerprint density at radius 1 is 1.33 bits per heavy atom. The van der Waals surface area contributed by atoms with E-state index in [-0.39, 0.29) is 22.7 Å². The van der Waals surface area contributed by atoms with Gasteiger partial charge < -0.3 is 9.84 Å². The van der Waals surface area contributed by atoms with Crippen molar-refractivity contribution < 1.29 is 14.6 Å². The number of fused-ring (bicyclic) bond motifs is 3. The molecule has 3 aliphatic rings. The van der Waals surface area contributed by atoms with E-state index in [0.29, 0.717) is 12.3 Å². The maximum absolute atomic E-state index is 12.6. The summed E-state index contributed by atoms with van der Waals surface area (Å²) < 4.78 is 5.16. The summed E-state index contributed by atoms with van der Waals surface area (Å²) in [5.41, 5.74) is 0.759. The van der Waals surface area contributed by atoms with E-state index in [2.05, 4.69) is 33.4 Å². The van der Waals surface area contributed by atoms with Crippen molar-refractivity contribution in [2.45, 2.75) is 65.4 Å². The Bertz CT molecular complexity index is 580. The summed E-state index contributed by atoms with van der Waals surface area (Å²) in [6.45, 7) is 10.6. The lowest BCUT2D eigenvalue weighted by Gasteiger charge is -2.60. The third kappa shape index (κ3) is 2.39. The van der Waals surface area contributed by atoms with Crippen molar-refractivity contribution in [3.8, 4) is 0 Å². The fourth-order valence-electron chi connectivity index (χ4n) is 6.07. The molecule has 2 fully saturated rings. The van der Waals surface area contributed by atoms with E-state index in [4.69, 9.17) is 4.74 Å². The second kappa shape index (κ2) is 5.72. The van der Waals surface area contributed by atoms with Crippen molar-refractivity contribution in [2.24, 2.45) is 28.1 Å². The quantitative estimate of drug-likeness (QED) is 0.607. The number of carbonyl (C=O) groups is 1. The Labute approximate surface area is 146 Å². The first kappa shape index (κ1) is 17.7. The van der Waals surface area contributed by atoms with Crippen molar-refractivity contribution in [1.82, 2.24) is 0 Å². The van der Waals surface area contributed by atoms with Crippen LogP contribution in [0.15, 0.2) is 24.3 Å². The fourth-order valence-corrected chi connectivity index (χ4v) is 6.07. The number of carbonyl (C=O) groups excluding carboxylic acids is 1. The summed E-state index contributed by atoms with van der Waals surface area (Å²) in [5.74, 6) is 0.435. The molecule has 0 saturated heterocycles. The molecule has 0 aromatic rings. The topological polar surface area (TPSA) is 46.5 Å². The molecule has 0 heterocycles. The first-order valence-electron chi connectivity index (χ1n) is 9.33. The number of hydrogen-bond acceptors (Lipinski definition) is 3. The molecule has 134 valence electrons. The standard InChI is InChI=1S/C21H32O3/c1-6-19(2)11-8-15-14(13-19)16(22)12-17-20(15,3)9-7-10-21(17,4)18(23)24-5/h6,13,15-17,22H,1,7-12H2,2-5H3/t15-,16?,17+,19+,20+,21+/m0/s1. The van der Waals surface area contributed by atoms with E-state index >= 15 is 0 Å². The number of rotatable bonds is 2. The van der Waals surface area contributed by atoms with Crippen LogP contribution >= 0.6 is 0 Å². The Hall–Kier alpha value is -1.09. The summed E-state index contributed by atoms with van der Waals surface area (Å²) in [5, 5.41) is 10.9. The van der Waals surface area contributed by atoms with Gasteiger partial charge in [-0.25, -0.2) is 0 Å². The number of esters is 1. The van der Waals surface area contributed by atoms with Gasteiger partial charge in [0.25, 0.3) is 0 Å². The lowest BCUT2D eigenvalue weighted by molar-refractivity contribution is -0.171. The Kier molecular flexibility index (Phi) is 4.23. The van der Waals surface area contributed by atoms with E-state index in [1.165, 1.54) is 12.7 Å². The van der Waals surface area contributed by atoms with Gasteiger partial charge in [-0.1, -0.05) is 32.4 Å². The molecule has 3 nitrogen and oxygen atoms in total. The normalized spacial score (nSPS) is 47.9. The molecule has 0 aliphatic heterocycles. The summed E-state index contributed by atoms with van der Waals surface area (Å²) in [6, 6.07) is 0. The van der Waals surface area contributed by atoms with Gasteiger partial charge in [0.05, 0.1) is 18.6 Å². The molecule has 6 atom stereocenters. The zero-order valence-electron chi connectivity index (χ0n) is 15.6. The molecule has 0 radical (unpaired) electrons. The number of aliphatic hydroxyl groups excluding tert-OH is 1. The minimum atomic E-state index is -0.479. The second-order valence-corrected chi connectivity index (χ2v) is 9.02. The molecular formula is C21H32O3. The zero-order chi connectivity index (χ0) is 17.8. The highest BCUT2D eigenvalue weighted by Crippen LogP contribution is 2.64. The van der Waals surface area contributed by atoms with Gasteiger partial charge in [-0.3, -0.25) is 4.79 Å². The molecule has 0 aromatic heterocycles. The van der Waals surface area contributed by atoms with Crippen molar-refractivity contribution in [2.75, 3.05) is 7.11 Å². The average Bonchev–Trinajstić information content (AvgIpc) is 2.56. The third-order valence-electron chi connectivity index (χ3n) is 7.60. The zero-order valence-corrected chi connectivity index (χ0v) is 15.6. The predicted octanol–water partition coefficient (Wildman–Crippen LogP) is 4.27. The first-order valence-corrected chi connectivity index (χ1v) is 9.33. The Morgan fingerprint density at radius 2 is 2.04 bits per heavy atom. The highest BCUT2D eigenvalue weighted by atomic mass is 16.5. The molecule has 3 heteroatoms. The summed E-state index contributed by atoms with van der Waals surface area (Å²) in [7, 11) is 1.49. The molecule has 0 bridgehead atoms. The van der Waals surface area contributed by atoms with Gasteiger partial charge in [0.2, 0.25) is 0 Å². The maximum Gasteiger partial charge on any atom is 0.311 e. The van der Waals surface area contributed by atoms with Crippen molar-refractivity contribution in [3.63, 3.8) is 0 Å². The van der Waals surface area contributed by atoms with E-state index in [9.17, 15) is 9.90 Å². The van der Waals surface area contributed by atoms with Gasteiger partial charge in [0, 0.05) is 5.41 Å². The van der Waals surface area contributed by atoms with Crippen LogP contribution in [0, 0.1) is 28.1 Å². The number of hydrogen-bond donors (Lipinski definition) is 1. The predicted molar refractivity (Wildman–Crippen MR) is 95.3 cm³/mol. The Balaban J connectivity index is 2.04. The lowest BCUT2D eigenvalue weighted by Crippen LogP contribution is -2.57. The van der Waals surface area contributed by atoms with Crippen LogP contribution in [0.1, 0.15) is 59.3 Å². The molecule has 1 N–H and O–H groups in total. The highest BCUT2D eigenvalue weighted by molar-refractivity contribution is 5.77. The molecule has 0 aromatic carbocycles. The molecule has 0 spiro atoms. The molecular weight excluding hydrogens is 300 g/mol. The Morgan fingerprint density at radius 3 is 2.67 bits per heavy atom. The molecule has 3 rings (SSSR count). The van der Waals surface area contributed by atoms with Crippen LogP contribution in [0.5, 0.6) is 0 Å². The smallest absolute Gasteiger partial charge is 0.311 e. The lowest BCUT2D eigenvalue weighted by atomic mass is 9.44. The van der Waals surface area contributed by atoms with Crippen molar-refractivity contribution in [1.29, 1.82) is 0 Å². The molecule has 24 heavy (non-hydrogen) atoms. The van der Waals surface area contributed by atoms with Crippen LogP contribution in [-0.4, -0.2) is 24.3 Å². The van der Waals surface area contributed by atoms with Crippen LogP contribution in [0.25, 0.3) is 0 Å². The van der Waals surface area contributed by atoms with Gasteiger partial charge in [-0.15, -0.1) is 6.58 Å². The first-order chi connectivity index (χ1) is 11.2. The number of allylic oxidation sites excluding steroid dienone is 2. The molecule has 1 unspecified atom stereocenters. The fraction of sp³-hybridized carbons (Fsp3) is 0.762. The minimum Gasteiger partial charge on any atom is -0.469 e. The van der Waals surface area contributed by atoms with E-state index < -0.39 is 11.5 Å². The number of aliphatic hydroxyl groups is 1. The van der Waals surface area contributed by atoms with Crippen LogP contribution in [0.4, 0.5) is 0 Å². The molecule has 3 aliphatic carbocycles. The summed E-state index contributed by atoms with van der Waals surface area (Å²) >= 11 is 0. The molecule has 2 saturated carbocycles. The average molecular weight is 332 g/mol. The van der Waals surface area contributed by atoms with Gasteiger partial charge >= 0.3 is 5.97 Å². The van der Waals surface area contributed by atoms with Gasteiger partial charge in [0.1, 0.15) is 0 Å². The van der Waals surface area contributed by atoms with Crippen LogP contribution < -0.4 is 0 Å². The largest absolute Gasteiger partial charge is 0.469 e.